The van der Waals surface area contributed by atoms with E-state index in [1.807, 2.05) is 0 Å². The van der Waals surface area contributed by atoms with Crippen LogP contribution in [-0.2, 0) is 27.5 Å². The molecule has 15 heteroatoms. The summed E-state index contributed by atoms with van der Waals surface area (Å²) in [6, 6.07) is 12.3. The number of benzene rings is 2. The van der Waals surface area contributed by atoms with E-state index in [-0.39, 0.29) is 11.8 Å². The molecule has 2 aromatic carbocycles. The fourth-order valence-corrected chi connectivity index (χ4v) is 3.42. The van der Waals surface area contributed by atoms with Crippen LogP contribution in [0.3, 0.4) is 0 Å². The maximum atomic E-state index is 12.6. The number of Topliss-reactive ketones (excluding diaryl/α,β-unsaturated/α-hetero) is 1. The summed E-state index contributed by atoms with van der Waals surface area (Å²) < 4.78 is 45.6. The number of carbonyl (C=O) groups excluding carboxylic acids is 2. The molecule has 0 aliphatic heterocycles. The number of alkyl carbamates (subject to hydrolysis) is 1. The van der Waals surface area contributed by atoms with Gasteiger partial charge in [-0.2, -0.15) is 4.80 Å². The zero-order valence-electron chi connectivity index (χ0n) is 18.2. The normalized spacial score (nSPS) is 12.0. The number of ether oxygens (including phenoxy) is 2. The zero-order chi connectivity index (χ0) is 26.1. The van der Waals surface area contributed by atoms with Gasteiger partial charge in [0.15, 0.2) is 5.78 Å². The van der Waals surface area contributed by atoms with E-state index >= 15 is 0 Å². The minimum absolute atomic E-state index is 0.0742. The van der Waals surface area contributed by atoms with E-state index in [1.54, 1.807) is 30.3 Å². The Balaban J connectivity index is 1.55. The molecule has 1 unspecified atom stereocenters. The molecule has 1 amide bonds. The lowest BCUT2D eigenvalue weighted by atomic mass is 10.1. The average Bonchev–Trinajstić information content (AvgIpc) is 3.24. The van der Waals surface area contributed by atoms with Crippen LogP contribution < -0.4 is 10.1 Å². The Morgan fingerprint density at radius 1 is 1.08 bits per heavy atom. The van der Waals surface area contributed by atoms with Gasteiger partial charge >= 0.3 is 18.4 Å². The maximum Gasteiger partial charge on any atom is 0.573 e. The largest absolute Gasteiger partial charge is 0.573 e. The predicted molar refractivity (Wildman–Crippen MR) is 116 cm³/mol. The minimum atomic E-state index is -4.81. The van der Waals surface area contributed by atoms with E-state index in [2.05, 4.69) is 25.5 Å². The van der Waals surface area contributed by atoms with Crippen LogP contribution >= 0.6 is 11.8 Å². The summed E-state index contributed by atoms with van der Waals surface area (Å²) >= 11 is 0.959. The van der Waals surface area contributed by atoms with Gasteiger partial charge in [-0.1, -0.05) is 30.3 Å². The number of carboxylic acid groups (broad SMARTS) is 1. The zero-order valence-corrected chi connectivity index (χ0v) is 19.0. The van der Waals surface area contributed by atoms with E-state index in [9.17, 15) is 27.6 Å². The smallest absolute Gasteiger partial charge is 0.481 e. The quantitative estimate of drug-likeness (QED) is 0.383. The van der Waals surface area contributed by atoms with Gasteiger partial charge in [-0.25, -0.2) is 4.79 Å². The summed E-state index contributed by atoms with van der Waals surface area (Å²) in [6.45, 7) is -0.571. The van der Waals surface area contributed by atoms with Crippen molar-refractivity contribution in [2.24, 2.45) is 0 Å². The highest BCUT2D eigenvalue weighted by Gasteiger charge is 2.31. The van der Waals surface area contributed by atoms with E-state index in [0.717, 1.165) is 28.7 Å². The van der Waals surface area contributed by atoms with Crippen LogP contribution in [0.25, 0.3) is 0 Å². The topological polar surface area (TPSA) is 146 Å². The van der Waals surface area contributed by atoms with Gasteiger partial charge in [0.25, 0.3) is 0 Å². The lowest BCUT2D eigenvalue weighted by Crippen LogP contribution is -2.44. The van der Waals surface area contributed by atoms with Crippen molar-refractivity contribution < 1.29 is 42.1 Å². The molecule has 2 N–H and O–H groups in total. The highest BCUT2D eigenvalue weighted by atomic mass is 32.2. The Morgan fingerprint density at radius 2 is 1.78 bits per heavy atom. The number of nitrogens with zero attached hydrogens (tertiary/aromatic N) is 4. The van der Waals surface area contributed by atoms with Crippen molar-refractivity contribution in [2.45, 2.75) is 42.0 Å². The Bertz CT molecular complexity index is 1190. The van der Waals surface area contributed by atoms with Gasteiger partial charge in [0, 0.05) is 4.90 Å². The van der Waals surface area contributed by atoms with Crippen molar-refractivity contribution in [3.63, 3.8) is 0 Å². The molecule has 36 heavy (non-hydrogen) atoms. The number of aromatic nitrogens is 4. The fraction of sp³-hybridized carbons (Fsp3) is 0.238. The molecule has 0 radical (unpaired) electrons. The number of rotatable bonds is 11. The molecule has 11 nitrogen and oxygen atoms in total. The molecule has 0 bridgehead atoms. The molecule has 1 atom stereocenters. The SMILES string of the molecule is O=C(O)CC(NC(=O)OCc1ccccc1)C(=O)Cn1nnc(Sc2ccc(OC(F)(F)F)cc2)n1. The number of nitrogens with one attached hydrogen (secondary N) is 1. The first kappa shape index (κ1) is 26.5. The summed E-state index contributed by atoms with van der Waals surface area (Å²) in [5.41, 5.74) is 0.702. The second-order valence-corrected chi connectivity index (χ2v) is 8.09. The van der Waals surface area contributed by atoms with Crippen LogP contribution in [0.5, 0.6) is 5.75 Å². The van der Waals surface area contributed by atoms with E-state index in [4.69, 9.17) is 9.84 Å². The number of alkyl halides is 3. The van der Waals surface area contributed by atoms with Gasteiger partial charge in [0.2, 0.25) is 5.16 Å². The molecule has 190 valence electrons. The van der Waals surface area contributed by atoms with Crippen molar-refractivity contribution in [3.05, 3.63) is 60.2 Å². The number of carbonyl (C=O) groups is 3. The Morgan fingerprint density at radius 3 is 2.42 bits per heavy atom. The molecule has 0 saturated carbocycles. The second kappa shape index (κ2) is 12.0. The number of ketones is 1. The van der Waals surface area contributed by atoms with Crippen LogP contribution in [0.2, 0.25) is 0 Å². The molecular formula is C21H18F3N5O6S. The minimum Gasteiger partial charge on any atom is -0.481 e. The monoisotopic (exact) mass is 525 g/mol. The number of carboxylic acids is 1. The number of halogens is 3. The van der Waals surface area contributed by atoms with Crippen molar-refractivity contribution in [1.29, 1.82) is 0 Å². The van der Waals surface area contributed by atoms with Crippen molar-refractivity contribution >= 4 is 29.6 Å². The van der Waals surface area contributed by atoms with E-state index in [0.29, 0.717) is 10.5 Å². The van der Waals surface area contributed by atoms with Crippen LogP contribution in [0.1, 0.15) is 12.0 Å². The molecule has 0 saturated heterocycles. The van der Waals surface area contributed by atoms with Crippen LogP contribution in [-0.4, -0.2) is 55.6 Å². The first-order chi connectivity index (χ1) is 17.1. The predicted octanol–water partition coefficient (Wildman–Crippen LogP) is 3.06. The molecular weight excluding hydrogens is 507 g/mol. The van der Waals surface area contributed by atoms with Gasteiger partial charge in [0.05, 0.1) is 6.42 Å². The van der Waals surface area contributed by atoms with E-state index < -0.39 is 49.0 Å². The Hall–Kier alpha value is -4.14. The highest BCUT2D eigenvalue weighted by Crippen LogP contribution is 2.28. The van der Waals surface area contributed by atoms with E-state index in [1.165, 1.54) is 12.1 Å². The third-order valence-corrected chi connectivity index (χ3v) is 5.12. The lowest BCUT2D eigenvalue weighted by molar-refractivity contribution is -0.274. The number of hydrogen-bond donors (Lipinski definition) is 2. The number of aliphatic carboxylic acids is 1. The van der Waals surface area contributed by atoms with Crippen LogP contribution in [0.15, 0.2) is 64.6 Å². The van der Waals surface area contributed by atoms with Gasteiger partial charge in [-0.05, 0) is 46.8 Å². The third-order valence-electron chi connectivity index (χ3n) is 4.27. The number of hydrogen-bond acceptors (Lipinski definition) is 9. The summed E-state index contributed by atoms with van der Waals surface area (Å²) in [4.78, 5) is 37.2. The summed E-state index contributed by atoms with van der Waals surface area (Å²) in [7, 11) is 0. The van der Waals surface area contributed by atoms with Crippen molar-refractivity contribution in [2.75, 3.05) is 0 Å². The first-order valence-electron chi connectivity index (χ1n) is 10.1. The number of tetrazole rings is 1. The molecule has 0 spiro atoms. The Labute approximate surface area is 205 Å². The van der Waals surface area contributed by atoms with Gasteiger partial charge in [-0.3, -0.25) is 9.59 Å². The second-order valence-electron chi connectivity index (χ2n) is 7.05. The maximum absolute atomic E-state index is 12.6. The van der Waals surface area contributed by atoms with Crippen LogP contribution in [0.4, 0.5) is 18.0 Å². The van der Waals surface area contributed by atoms with Crippen molar-refractivity contribution in [3.8, 4) is 5.75 Å². The molecule has 1 heterocycles. The average molecular weight is 525 g/mol. The molecule has 0 fully saturated rings. The van der Waals surface area contributed by atoms with Crippen molar-refractivity contribution in [1.82, 2.24) is 25.5 Å². The standard InChI is InChI=1S/C21H18F3N5O6S/c22-21(23,24)35-14-6-8-15(9-7-14)36-19-26-28-29(27-19)11-17(30)16(10-18(31)32)25-20(33)34-12-13-4-2-1-3-5-13/h1-9,16H,10-12H2,(H,25,33)(H,31,32). The molecule has 0 aliphatic carbocycles. The molecule has 0 aliphatic rings. The fourth-order valence-electron chi connectivity index (χ4n) is 2.73. The molecule has 3 rings (SSSR count). The first-order valence-corrected chi connectivity index (χ1v) is 10.9. The number of amides is 1. The molecule has 3 aromatic rings. The van der Waals surface area contributed by atoms with Gasteiger partial charge in [0.1, 0.15) is 24.9 Å². The Kier molecular flexibility index (Phi) is 8.83. The third kappa shape index (κ3) is 8.90. The van der Waals surface area contributed by atoms with Gasteiger partial charge in [-0.15, -0.1) is 23.4 Å². The lowest BCUT2D eigenvalue weighted by Gasteiger charge is -2.15. The highest BCUT2D eigenvalue weighted by molar-refractivity contribution is 7.99. The van der Waals surface area contributed by atoms with Gasteiger partial charge < -0.3 is 19.9 Å². The summed E-state index contributed by atoms with van der Waals surface area (Å²) in [5.74, 6) is -2.43. The molecule has 1 aromatic heterocycles. The summed E-state index contributed by atoms with van der Waals surface area (Å²) in [6.07, 6.45) is -6.47. The summed E-state index contributed by atoms with van der Waals surface area (Å²) in [5, 5.41) is 22.8. The van der Waals surface area contributed by atoms with Crippen LogP contribution in [0, 0.1) is 0 Å².